The van der Waals surface area contributed by atoms with Gasteiger partial charge in [0.05, 0.1) is 0 Å². The number of benzene rings is 1. The molecule has 1 amide bonds. The highest BCUT2D eigenvalue weighted by Crippen LogP contribution is 2.32. The molecule has 1 unspecified atom stereocenters. The quantitative estimate of drug-likeness (QED) is 0.859. The minimum atomic E-state index is -1.28. The summed E-state index contributed by atoms with van der Waals surface area (Å²) < 4.78 is 10.3. The lowest BCUT2D eigenvalue weighted by Crippen LogP contribution is -2.51. The summed E-state index contributed by atoms with van der Waals surface area (Å²) >= 11 is 0. The van der Waals surface area contributed by atoms with Gasteiger partial charge < -0.3 is 19.9 Å². The van der Waals surface area contributed by atoms with E-state index in [4.69, 9.17) is 14.6 Å². The van der Waals surface area contributed by atoms with E-state index in [-0.39, 0.29) is 6.79 Å². The van der Waals surface area contributed by atoms with Gasteiger partial charge in [-0.25, -0.2) is 4.79 Å². The molecule has 1 aliphatic heterocycles. The first-order valence-electron chi connectivity index (χ1n) is 5.92. The van der Waals surface area contributed by atoms with Crippen molar-refractivity contribution in [2.45, 2.75) is 25.8 Å². The lowest BCUT2D eigenvalue weighted by molar-refractivity contribution is -0.143. The van der Waals surface area contributed by atoms with Crippen molar-refractivity contribution >= 4 is 11.9 Å². The van der Waals surface area contributed by atoms with E-state index < -0.39 is 17.4 Å². The van der Waals surface area contributed by atoms with E-state index >= 15 is 0 Å². The van der Waals surface area contributed by atoms with Crippen molar-refractivity contribution in [3.05, 3.63) is 23.8 Å². The maximum atomic E-state index is 12.1. The molecule has 102 valence electrons. The Morgan fingerprint density at radius 2 is 2.05 bits per heavy atom. The number of rotatable bonds is 4. The van der Waals surface area contributed by atoms with Gasteiger partial charge in [0.2, 0.25) is 6.79 Å². The predicted molar refractivity (Wildman–Crippen MR) is 66.4 cm³/mol. The van der Waals surface area contributed by atoms with Gasteiger partial charge in [-0.1, -0.05) is 6.92 Å². The lowest BCUT2D eigenvalue weighted by Gasteiger charge is -2.24. The van der Waals surface area contributed by atoms with Crippen LogP contribution in [0.1, 0.15) is 30.6 Å². The van der Waals surface area contributed by atoms with E-state index in [1.54, 1.807) is 19.1 Å². The third-order valence-corrected chi connectivity index (χ3v) is 3.20. The second-order valence-electron chi connectivity index (χ2n) is 4.51. The van der Waals surface area contributed by atoms with Gasteiger partial charge in [0.1, 0.15) is 5.54 Å². The Morgan fingerprint density at radius 3 is 2.68 bits per heavy atom. The van der Waals surface area contributed by atoms with Crippen molar-refractivity contribution in [3.63, 3.8) is 0 Å². The molecule has 2 N–H and O–H groups in total. The highest BCUT2D eigenvalue weighted by Gasteiger charge is 2.33. The zero-order valence-electron chi connectivity index (χ0n) is 10.7. The Hall–Kier alpha value is -2.24. The number of carboxylic acid groups (broad SMARTS) is 1. The first-order valence-corrected chi connectivity index (χ1v) is 5.92. The molecule has 0 saturated heterocycles. The number of hydrogen-bond acceptors (Lipinski definition) is 4. The minimum Gasteiger partial charge on any atom is -0.480 e. The molecule has 0 spiro atoms. The van der Waals surface area contributed by atoms with Crippen molar-refractivity contribution in [1.29, 1.82) is 0 Å². The van der Waals surface area contributed by atoms with Crippen LogP contribution in [-0.2, 0) is 4.79 Å². The number of fused-ring (bicyclic) bond motifs is 1. The number of hydrogen-bond donors (Lipinski definition) is 2. The molecule has 0 aromatic heterocycles. The van der Waals surface area contributed by atoms with Crippen LogP contribution in [0.15, 0.2) is 18.2 Å². The fourth-order valence-corrected chi connectivity index (χ4v) is 1.65. The van der Waals surface area contributed by atoms with Crippen LogP contribution in [0.4, 0.5) is 0 Å². The number of aliphatic carboxylic acids is 1. The van der Waals surface area contributed by atoms with Gasteiger partial charge in [-0.3, -0.25) is 4.79 Å². The van der Waals surface area contributed by atoms with Gasteiger partial charge in [-0.2, -0.15) is 0 Å². The Kier molecular flexibility index (Phi) is 3.33. The predicted octanol–water partition coefficient (Wildman–Crippen LogP) is 1.40. The van der Waals surface area contributed by atoms with Crippen LogP contribution in [0.2, 0.25) is 0 Å². The molecular weight excluding hydrogens is 250 g/mol. The largest absolute Gasteiger partial charge is 0.480 e. The molecule has 1 aliphatic rings. The fraction of sp³-hybridized carbons (Fsp3) is 0.385. The summed E-state index contributed by atoms with van der Waals surface area (Å²) in [7, 11) is 0. The number of ether oxygens (including phenoxy) is 2. The Labute approximate surface area is 110 Å². The zero-order valence-corrected chi connectivity index (χ0v) is 10.7. The molecule has 0 saturated carbocycles. The van der Waals surface area contributed by atoms with Crippen molar-refractivity contribution in [2.75, 3.05) is 6.79 Å². The molecule has 0 fully saturated rings. The summed E-state index contributed by atoms with van der Waals surface area (Å²) in [6.07, 6.45) is 0.290. The van der Waals surface area contributed by atoms with Gasteiger partial charge in [0.25, 0.3) is 5.91 Å². The number of amides is 1. The molecular formula is C13H15NO5. The monoisotopic (exact) mass is 265 g/mol. The van der Waals surface area contributed by atoms with Crippen molar-refractivity contribution in [1.82, 2.24) is 5.32 Å². The van der Waals surface area contributed by atoms with E-state index in [0.29, 0.717) is 23.5 Å². The number of carbonyl (C=O) groups is 2. The lowest BCUT2D eigenvalue weighted by atomic mass is 9.98. The number of carbonyl (C=O) groups excluding carboxylic acids is 1. The zero-order chi connectivity index (χ0) is 14.0. The third-order valence-electron chi connectivity index (χ3n) is 3.20. The standard InChI is InChI=1S/C13H15NO5/c1-3-13(2,12(16)17)14-11(15)8-4-5-9-10(6-8)19-7-18-9/h4-6H,3,7H2,1-2H3,(H,14,15)(H,16,17). The van der Waals surface area contributed by atoms with E-state index in [2.05, 4.69) is 5.32 Å². The van der Waals surface area contributed by atoms with Crippen LogP contribution in [0.5, 0.6) is 11.5 Å². The first kappa shape index (κ1) is 13.2. The second kappa shape index (κ2) is 4.79. The molecule has 6 nitrogen and oxygen atoms in total. The van der Waals surface area contributed by atoms with Crippen molar-refractivity contribution < 1.29 is 24.2 Å². The molecule has 0 aliphatic carbocycles. The average molecular weight is 265 g/mol. The summed E-state index contributed by atoms with van der Waals surface area (Å²) in [6, 6.07) is 4.73. The SMILES string of the molecule is CCC(C)(NC(=O)c1ccc2c(c1)OCO2)C(=O)O. The number of carboxylic acids is 1. The molecule has 0 radical (unpaired) electrons. The number of nitrogens with one attached hydrogen (secondary N) is 1. The fourth-order valence-electron chi connectivity index (χ4n) is 1.65. The van der Waals surface area contributed by atoms with Gasteiger partial charge in [-0.15, -0.1) is 0 Å². The molecule has 1 heterocycles. The van der Waals surface area contributed by atoms with Gasteiger partial charge >= 0.3 is 5.97 Å². The summed E-state index contributed by atoms with van der Waals surface area (Å²) in [5, 5.41) is 11.6. The van der Waals surface area contributed by atoms with Crippen LogP contribution in [-0.4, -0.2) is 29.3 Å². The van der Waals surface area contributed by atoms with Gasteiger partial charge in [0.15, 0.2) is 11.5 Å². The highest BCUT2D eigenvalue weighted by atomic mass is 16.7. The third kappa shape index (κ3) is 2.47. The molecule has 19 heavy (non-hydrogen) atoms. The first-order chi connectivity index (χ1) is 8.96. The topological polar surface area (TPSA) is 84.9 Å². The Morgan fingerprint density at radius 1 is 1.37 bits per heavy atom. The van der Waals surface area contributed by atoms with Crippen LogP contribution in [0, 0.1) is 0 Å². The Balaban J connectivity index is 2.18. The normalized spacial score (nSPS) is 15.7. The molecule has 0 bridgehead atoms. The average Bonchev–Trinajstić information content (AvgIpc) is 2.85. The maximum absolute atomic E-state index is 12.1. The van der Waals surface area contributed by atoms with Gasteiger partial charge in [0, 0.05) is 5.56 Å². The van der Waals surface area contributed by atoms with Crippen molar-refractivity contribution in [3.8, 4) is 11.5 Å². The van der Waals surface area contributed by atoms with E-state index in [1.807, 2.05) is 0 Å². The van der Waals surface area contributed by atoms with Crippen LogP contribution >= 0.6 is 0 Å². The smallest absolute Gasteiger partial charge is 0.329 e. The molecule has 1 aromatic rings. The van der Waals surface area contributed by atoms with Crippen LogP contribution in [0.3, 0.4) is 0 Å². The summed E-state index contributed by atoms with van der Waals surface area (Å²) in [5.74, 6) is -0.455. The molecule has 2 rings (SSSR count). The minimum absolute atomic E-state index is 0.127. The van der Waals surface area contributed by atoms with Gasteiger partial charge in [-0.05, 0) is 31.5 Å². The van der Waals surface area contributed by atoms with Crippen LogP contribution in [0.25, 0.3) is 0 Å². The van der Waals surface area contributed by atoms with E-state index in [1.165, 1.54) is 13.0 Å². The summed E-state index contributed by atoms with van der Waals surface area (Å²) in [4.78, 5) is 23.2. The van der Waals surface area contributed by atoms with E-state index in [0.717, 1.165) is 0 Å². The second-order valence-corrected chi connectivity index (χ2v) is 4.51. The van der Waals surface area contributed by atoms with Crippen LogP contribution < -0.4 is 14.8 Å². The molecule has 1 aromatic carbocycles. The molecule has 6 heteroatoms. The maximum Gasteiger partial charge on any atom is 0.329 e. The Bertz CT molecular complexity index is 528. The molecule has 1 atom stereocenters. The summed E-state index contributed by atoms with van der Waals surface area (Å²) in [5.41, 5.74) is -0.946. The highest BCUT2D eigenvalue weighted by molar-refractivity contribution is 5.98. The van der Waals surface area contributed by atoms with E-state index in [9.17, 15) is 9.59 Å². The van der Waals surface area contributed by atoms with Crippen molar-refractivity contribution in [2.24, 2.45) is 0 Å². The summed E-state index contributed by atoms with van der Waals surface area (Å²) in [6.45, 7) is 3.30.